The molecule has 11 nitrogen and oxygen atoms in total. The lowest BCUT2D eigenvalue weighted by Crippen LogP contribution is -2.62. The number of amides is 5. The van der Waals surface area contributed by atoms with E-state index in [0.29, 0.717) is 13.0 Å². The zero-order valence-corrected chi connectivity index (χ0v) is 26.9. The van der Waals surface area contributed by atoms with E-state index in [1.807, 2.05) is 55.4 Å². The van der Waals surface area contributed by atoms with E-state index in [0.717, 1.165) is 12.8 Å². The minimum atomic E-state index is -1.10. The minimum Gasteiger partial charge on any atom is -0.363 e. The summed E-state index contributed by atoms with van der Waals surface area (Å²) in [5, 5.41) is 8.36. The smallest absolute Gasteiger partial charge is 0.316 e. The Bertz CT molecular complexity index is 1130. The van der Waals surface area contributed by atoms with Gasteiger partial charge in [0.2, 0.25) is 17.6 Å². The second-order valence-electron chi connectivity index (χ2n) is 15.6. The molecule has 1 heterocycles. The minimum absolute atomic E-state index is 0.0781. The van der Waals surface area contributed by atoms with E-state index in [1.165, 1.54) is 4.90 Å². The Labute approximate surface area is 249 Å². The summed E-state index contributed by atoms with van der Waals surface area (Å²) in [5.41, 5.74) is 3.81. The van der Waals surface area contributed by atoms with Crippen LogP contribution in [-0.4, -0.2) is 70.9 Å². The number of piperidine rings is 1. The van der Waals surface area contributed by atoms with Gasteiger partial charge < -0.3 is 26.6 Å². The van der Waals surface area contributed by atoms with Gasteiger partial charge in [-0.1, -0.05) is 82.1 Å². The zero-order chi connectivity index (χ0) is 32.1. The summed E-state index contributed by atoms with van der Waals surface area (Å²) in [6.45, 7) is 19.0. The van der Waals surface area contributed by atoms with Gasteiger partial charge in [0.05, 0.1) is 12.1 Å². The summed E-state index contributed by atoms with van der Waals surface area (Å²) in [4.78, 5) is 79.9. The van der Waals surface area contributed by atoms with Crippen molar-refractivity contribution in [1.29, 1.82) is 0 Å². The molecule has 3 rings (SSSR count). The highest BCUT2D eigenvalue weighted by atomic mass is 16.2. The molecule has 5 N–H and O–H groups in total. The lowest BCUT2D eigenvalue weighted by molar-refractivity contribution is -0.145. The molecule has 236 valence electrons. The van der Waals surface area contributed by atoms with Crippen LogP contribution in [0.3, 0.4) is 0 Å². The molecule has 42 heavy (non-hydrogen) atoms. The molecule has 0 aromatic heterocycles. The van der Waals surface area contributed by atoms with E-state index >= 15 is 0 Å². The molecule has 5 amide bonds. The van der Waals surface area contributed by atoms with Gasteiger partial charge >= 0.3 is 6.03 Å². The first-order chi connectivity index (χ1) is 19.1. The number of nitrogens with one attached hydrogen (secondary N) is 3. The van der Waals surface area contributed by atoms with Gasteiger partial charge in [-0.3, -0.25) is 24.0 Å². The average Bonchev–Trinajstić information content (AvgIpc) is 3.70. The molecule has 2 saturated carbocycles. The SMILES string of the molecule is CC(C)C(=O)[C@@H](NC(=O)N[C@H](C(=O)N1C[C@H]2[C@@H]([C@H]1C(=O)NC(CC1CC1)C(=O)C(N)=O)C2(C)C)C(C)(C)C)C(C)(C)C. The number of ketones is 2. The lowest BCUT2D eigenvalue weighted by atomic mass is 9.81. The topological polar surface area (TPSA) is 168 Å². The molecule has 2 aliphatic carbocycles. The molecule has 0 bridgehead atoms. The predicted molar refractivity (Wildman–Crippen MR) is 158 cm³/mol. The van der Waals surface area contributed by atoms with Gasteiger partial charge in [-0.25, -0.2) is 4.79 Å². The number of Topliss-reactive ketones (excluding diaryl/α,β-unsaturated/α-hetero) is 2. The Balaban J connectivity index is 1.84. The van der Waals surface area contributed by atoms with E-state index < -0.39 is 64.5 Å². The number of nitrogens with two attached hydrogens (primary N) is 1. The number of carbonyl (C=O) groups excluding carboxylic acids is 6. The highest BCUT2D eigenvalue weighted by Gasteiger charge is 2.70. The first-order valence-electron chi connectivity index (χ1n) is 15.1. The number of carbonyl (C=O) groups is 6. The van der Waals surface area contributed by atoms with Crippen LogP contribution in [0.4, 0.5) is 4.79 Å². The molecule has 3 fully saturated rings. The highest BCUT2D eigenvalue weighted by Crippen LogP contribution is 2.65. The number of rotatable bonds is 11. The second kappa shape index (κ2) is 11.6. The zero-order valence-electron chi connectivity index (χ0n) is 26.9. The first-order valence-corrected chi connectivity index (χ1v) is 15.1. The largest absolute Gasteiger partial charge is 0.363 e. The number of fused-ring (bicyclic) bond motifs is 1. The van der Waals surface area contributed by atoms with Gasteiger partial charge in [0.15, 0.2) is 5.78 Å². The fraction of sp³-hybridized carbons (Fsp3) is 0.806. The van der Waals surface area contributed by atoms with Crippen LogP contribution in [0, 0.1) is 39.9 Å². The number of primary amides is 1. The summed E-state index contributed by atoms with van der Waals surface area (Å²) < 4.78 is 0. The molecule has 11 heteroatoms. The van der Waals surface area contributed by atoms with Gasteiger partial charge in [-0.05, 0) is 40.4 Å². The van der Waals surface area contributed by atoms with Crippen LogP contribution >= 0.6 is 0 Å². The summed E-state index contributed by atoms with van der Waals surface area (Å²) in [5.74, 6) is -3.05. The van der Waals surface area contributed by atoms with E-state index in [9.17, 15) is 28.8 Å². The summed E-state index contributed by atoms with van der Waals surface area (Å²) in [6.07, 6.45) is 2.18. The molecule has 3 aliphatic rings. The van der Waals surface area contributed by atoms with Crippen molar-refractivity contribution < 1.29 is 28.8 Å². The second-order valence-corrected chi connectivity index (χ2v) is 15.6. The van der Waals surface area contributed by atoms with Crippen LogP contribution in [0.2, 0.25) is 0 Å². The average molecular weight is 590 g/mol. The summed E-state index contributed by atoms with van der Waals surface area (Å²) in [7, 11) is 0. The third kappa shape index (κ3) is 7.14. The standard InChI is InChI=1S/C31H51N5O6/c1-15(2)21(37)23(29(3,4)5)34-28(42)35-24(30(6,7)8)27(41)36-14-17-19(31(17,9)10)20(36)26(40)33-18(13-16-11-12-16)22(38)25(32)39/h15-20,23-24H,11-14H2,1-10H3,(H2,32,39)(H,33,40)(H2,34,35,42)/t17-,18?,19-,20-,23+,24+/m0/s1. The number of nitrogens with zero attached hydrogens (tertiary/aromatic N) is 1. The van der Waals surface area contributed by atoms with Gasteiger partial charge in [-0.2, -0.15) is 0 Å². The maximum absolute atomic E-state index is 14.2. The molecular formula is C31H51N5O6. The van der Waals surface area contributed by atoms with Gasteiger partial charge in [-0.15, -0.1) is 0 Å². The monoisotopic (exact) mass is 589 g/mol. The molecule has 6 atom stereocenters. The Morgan fingerprint density at radius 1 is 0.881 bits per heavy atom. The number of hydrogen-bond donors (Lipinski definition) is 4. The van der Waals surface area contributed by atoms with E-state index in [-0.39, 0.29) is 34.9 Å². The third-order valence-electron chi connectivity index (χ3n) is 9.29. The molecule has 0 aromatic carbocycles. The van der Waals surface area contributed by atoms with Gasteiger partial charge in [0, 0.05) is 12.5 Å². The number of likely N-dealkylation sites (tertiary alicyclic amines) is 1. The van der Waals surface area contributed by atoms with Crippen LogP contribution in [0.5, 0.6) is 0 Å². The maximum Gasteiger partial charge on any atom is 0.316 e. The number of hydrogen-bond acceptors (Lipinski definition) is 6. The maximum atomic E-state index is 14.2. The van der Waals surface area contributed by atoms with Crippen LogP contribution in [0.1, 0.15) is 88.5 Å². The molecule has 0 radical (unpaired) electrons. The molecule has 1 unspecified atom stereocenters. The van der Waals surface area contributed by atoms with Crippen LogP contribution in [-0.2, 0) is 24.0 Å². The van der Waals surface area contributed by atoms with Crippen molar-refractivity contribution in [3.8, 4) is 0 Å². The Morgan fingerprint density at radius 2 is 1.40 bits per heavy atom. The van der Waals surface area contributed by atoms with Crippen molar-refractivity contribution >= 4 is 35.3 Å². The Hall–Kier alpha value is -2.98. The van der Waals surface area contributed by atoms with Crippen molar-refractivity contribution in [2.45, 2.75) is 113 Å². The van der Waals surface area contributed by atoms with Crippen LogP contribution < -0.4 is 21.7 Å². The highest BCUT2D eigenvalue weighted by molar-refractivity contribution is 6.37. The third-order valence-corrected chi connectivity index (χ3v) is 9.29. The van der Waals surface area contributed by atoms with E-state index in [1.54, 1.807) is 13.8 Å². The normalized spacial score (nSPS) is 25.1. The molecule has 1 aliphatic heterocycles. The molecule has 0 aromatic rings. The van der Waals surface area contributed by atoms with Crippen molar-refractivity contribution in [1.82, 2.24) is 20.9 Å². The Kier molecular flexibility index (Phi) is 9.26. The fourth-order valence-corrected chi connectivity index (χ4v) is 6.33. The predicted octanol–water partition coefficient (Wildman–Crippen LogP) is 2.16. The van der Waals surface area contributed by atoms with E-state index in [4.69, 9.17) is 5.73 Å². The van der Waals surface area contributed by atoms with Gasteiger partial charge in [0.25, 0.3) is 5.91 Å². The molecule has 0 spiro atoms. The van der Waals surface area contributed by atoms with Crippen molar-refractivity contribution in [3.63, 3.8) is 0 Å². The van der Waals surface area contributed by atoms with E-state index in [2.05, 4.69) is 16.0 Å². The lowest BCUT2D eigenvalue weighted by Gasteiger charge is -2.38. The quantitative estimate of drug-likeness (QED) is 0.269. The van der Waals surface area contributed by atoms with Crippen LogP contribution in [0.15, 0.2) is 0 Å². The summed E-state index contributed by atoms with van der Waals surface area (Å²) in [6, 6.07) is -4.30. The van der Waals surface area contributed by atoms with Crippen molar-refractivity contribution in [2.75, 3.05) is 6.54 Å². The molecule has 1 saturated heterocycles. The van der Waals surface area contributed by atoms with Crippen molar-refractivity contribution in [3.05, 3.63) is 0 Å². The Morgan fingerprint density at radius 3 is 1.86 bits per heavy atom. The number of urea groups is 1. The fourth-order valence-electron chi connectivity index (χ4n) is 6.33. The molecular weight excluding hydrogens is 538 g/mol. The summed E-state index contributed by atoms with van der Waals surface area (Å²) >= 11 is 0. The first kappa shape index (κ1) is 33.5. The van der Waals surface area contributed by atoms with Crippen LogP contribution in [0.25, 0.3) is 0 Å². The van der Waals surface area contributed by atoms with Gasteiger partial charge in [0.1, 0.15) is 12.1 Å². The van der Waals surface area contributed by atoms with Crippen molar-refractivity contribution in [2.24, 2.45) is 45.7 Å².